The van der Waals surface area contributed by atoms with E-state index in [9.17, 15) is 9.50 Å². The second kappa shape index (κ2) is 6.06. The van der Waals surface area contributed by atoms with Gasteiger partial charge in [-0.05, 0) is 26.0 Å². The molecule has 0 amide bonds. The molecule has 1 unspecified atom stereocenters. The summed E-state index contributed by atoms with van der Waals surface area (Å²) in [5.41, 5.74) is 2.41. The Balaban J connectivity index is 2.37. The standard InChI is InChI=1S/C17H20FNO/c1-12(14-8-4-6-10-16(14)18)19(3)17-11-7-5-9-15(17)13(2)20/h4-13,20H,1-3H3/t12?,13-/m1/s1. The first-order valence-corrected chi connectivity index (χ1v) is 6.76. The molecule has 0 aliphatic carbocycles. The summed E-state index contributed by atoms with van der Waals surface area (Å²) in [7, 11) is 1.92. The van der Waals surface area contributed by atoms with E-state index < -0.39 is 6.10 Å². The van der Waals surface area contributed by atoms with Crippen LogP contribution in [0.3, 0.4) is 0 Å². The van der Waals surface area contributed by atoms with Crippen molar-refractivity contribution in [2.75, 3.05) is 11.9 Å². The summed E-state index contributed by atoms with van der Waals surface area (Å²) in [6.45, 7) is 3.69. The Bertz CT molecular complexity index is 583. The first-order valence-electron chi connectivity index (χ1n) is 6.76. The summed E-state index contributed by atoms with van der Waals surface area (Å²) in [5.74, 6) is -0.207. The topological polar surface area (TPSA) is 23.5 Å². The van der Waals surface area contributed by atoms with Crippen LogP contribution in [0.2, 0.25) is 0 Å². The Hall–Kier alpha value is -1.87. The number of aliphatic hydroxyl groups excluding tert-OH is 1. The minimum absolute atomic E-state index is 0.115. The van der Waals surface area contributed by atoms with E-state index in [-0.39, 0.29) is 11.9 Å². The molecule has 2 aromatic rings. The summed E-state index contributed by atoms with van der Waals surface area (Å²) < 4.78 is 13.9. The number of nitrogens with zero attached hydrogens (tertiary/aromatic N) is 1. The van der Waals surface area contributed by atoms with Crippen molar-refractivity contribution in [2.24, 2.45) is 0 Å². The quantitative estimate of drug-likeness (QED) is 0.907. The van der Waals surface area contributed by atoms with E-state index in [1.54, 1.807) is 19.1 Å². The molecule has 0 aliphatic rings. The lowest BCUT2D eigenvalue weighted by molar-refractivity contribution is 0.199. The van der Waals surface area contributed by atoms with Crippen molar-refractivity contribution in [1.29, 1.82) is 0 Å². The van der Waals surface area contributed by atoms with Gasteiger partial charge in [0.25, 0.3) is 0 Å². The van der Waals surface area contributed by atoms with Crippen LogP contribution in [-0.2, 0) is 0 Å². The molecule has 0 spiro atoms. The predicted octanol–water partition coefficient (Wildman–Crippen LogP) is 4.08. The lowest BCUT2D eigenvalue weighted by atomic mass is 10.0. The molecule has 3 heteroatoms. The fourth-order valence-corrected chi connectivity index (χ4v) is 2.39. The first-order chi connectivity index (χ1) is 9.52. The van der Waals surface area contributed by atoms with Crippen LogP contribution in [0.15, 0.2) is 48.5 Å². The van der Waals surface area contributed by atoms with Gasteiger partial charge in [-0.3, -0.25) is 0 Å². The summed E-state index contributed by atoms with van der Waals surface area (Å²) in [5, 5.41) is 9.86. The van der Waals surface area contributed by atoms with Crippen molar-refractivity contribution < 1.29 is 9.50 Å². The smallest absolute Gasteiger partial charge is 0.128 e. The number of hydrogen-bond acceptors (Lipinski definition) is 2. The van der Waals surface area contributed by atoms with Crippen molar-refractivity contribution in [3.63, 3.8) is 0 Å². The zero-order valence-corrected chi connectivity index (χ0v) is 12.0. The maximum absolute atomic E-state index is 13.9. The second-order valence-electron chi connectivity index (χ2n) is 5.04. The summed E-state index contributed by atoms with van der Waals surface area (Å²) >= 11 is 0. The van der Waals surface area contributed by atoms with Crippen LogP contribution in [0, 0.1) is 5.82 Å². The van der Waals surface area contributed by atoms with Crippen LogP contribution in [0.1, 0.15) is 37.1 Å². The first kappa shape index (κ1) is 14.5. The van der Waals surface area contributed by atoms with Crippen molar-refractivity contribution >= 4 is 5.69 Å². The van der Waals surface area contributed by atoms with Crippen molar-refractivity contribution in [3.8, 4) is 0 Å². The van der Waals surface area contributed by atoms with Gasteiger partial charge in [0.05, 0.1) is 12.1 Å². The van der Waals surface area contributed by atoms with Crippen LogP contribution in [0.5, 0.6) is 0 Å². The van der Waals surface area contributed by atoms with E-state index in [2.05, 4.69) is 0 Å². The van der Waals surface area contributed by atoms with Crippen LogP contribution in [-0.4, -0.2) is 12.2 Å². The number of benzene rings is 2. The average Bonchev–Trinajstić information content (AvgIpc) is 2.46. The van der Waals surface area contributed by atoms with Gasteiger partial charge in [0, 0.05) is 23.9 Å². The second-order valence-corrected chi connectivity index (χ2v) is 5.04. The number of rotatable bonds is 4. The third-order valence-electron chi connectivity index (χ3n) is 3.70. The number of para-hydroxylation sites is 1. The Morgan fingerprint density at radius 2 is 1.50 bits per heavy atom. The number of hydrogen-bond donors (Lipinski definition) is 1. The predicted molar refractivity (Wildman–Crippen MR) is 80.3 cm³/mol. The molecule has 0 aromatic heterocycles. The van der Waals surface area contributed by atoms with Gasteiger partial charge in [-0.1, -0.05) is 36.4 Å². The maximum Gasteiger partial charge on any atom is 0.128 e. The summed E-state index contributed by atoms with van der Waals surface area (Å²) in [4.78, 5) is 1.99. The molecule has 20 heavy (non-hydrogen) atoms. The largest absolute Gasteiger partial charge is 0.389 e. The third-order valence-corrected chi connectivity index (χ3v) is 3.70. The maximum atomic E-state index is 13.9. The highest BCUT2D eigenvalue weighted by Gasteiger charge is 2.19. The van der Waals surface area contributed by atoms with Crippen molar-refractivity contribution in [3.05, 3.63) is 65.5 Å². The van der Waals surface area contributed by atoms with Crippen LogP contribution >= 0.6 is 0 Å². The fourth-order valence-electron chi connectivity index (χ4n) is 2.39. The SMILES string of the molecule is CC(c1ccccc1F)N(C)c1ccccc1[C@@H](C)O. The van der Waals surface area contributed by atoms with Gasteiger partial charge in [-0.2, -0.15) is 0 Å². The summed E-state index contributed by atoms with van der Waals surface area (Å²) in [6.07, 6.45) is -0.554. The van der Waals surface area contributed by atoms with Crippen LogP contribution in [0.4, 0.5) is 10.1 Å². The molecule has 2 nitrogen and oxygen atoms in total. The summed E-state index contributed by atoms with van der Waals surface area (Å²) in [6, 6.07) is 14.3. The number of anilines is 1. The van der Waals surface area contributed by atoms with Crippen molar-refractivity contribution in [1.82, 2.24) is 0 Å². The van der Waals surface area contributed by atoms with Gasteiger partial charge in [-0.15, -0.1) is 0 Å². The molecule has 0 bridgehead atoms. The Labute approximate surface area is 119 Å². The zero-order chi connectivity index (χ0) is 14.7. The molecule has 0 radical (unpaired) electrons. The molecule has 0 aliphatic heterocycles. The highest BCUT2D eigenvalue weighted by Crippen LogP contribution is 2.32. The van der Waals surface area contributed by atoms with E-state index in [1.807, 2.05) is 49.2 Å². The third kappa shape index (κ3) is 2.83. The molecule has 0 saturated heterocycles. The monoisotopic (exact) mass is 273 g/mol. The molecule has 0 fully saturated rings. The van der Waals surface area contributed by atoms with Gasteiger partial charge in [0.15, 0.2) is 0 Å². The minimum atomic E-state index is -0.554. The Morgan fingerprint density at radius 3 is 2.10 bits per heavy atom. The fraction of sp³-hybridized carbons (Fsp3) is 0.294. The van der Waals surface area contributed by atoms with Crippen molar-refractivity contribution in [2.45, 2.75) is 26.0 Å². The lowest BCUT2D eigenvalue weighted by Crippen LogP contribution is -2.24. The molecule has 0 saturated carbocycles. The molecule has 0 heterocycles. The molecule has 2 aromatic carbocycles. The average molecular weight is 273 g/mol. The highest BCUT2D eigenvalue weighted by atomic mass is 19.1. The molecule has 2 rings (SSSR count). The Kier molecular flexibility index (Phi) is 4.40. The van der Waals surface area contributed by atoms with E-state index >= 15 is 0 Å². The van der Waals surface area contributed by atoms with Gasteiger partial charge < -0.3 is 10.0 Å². The van der Waals surface area contributed by atoms with Gasteiger partial charge in [0.2, 0.25) is 0 Å². The Morgan fingerprint density at radius 1 is 0.950 bits per heavy atom. The van der Waals surface area contributed by atoms with E-state index in [0.717, 1.165) is 11.3 Å². The molecule has 1 N–H and O–H groups in total. The molecular formula is C17H20FNO. The number of aliphatic hydroxyl groups is 1. The molecule has 2 atom stereocenters. The molecule has 106 valence electrons. The zero-order valence-electron chi connectivity index (χ0n) is 12.0. The minimum Gasteiger partial charge on any atom is -0.389 e. The highest BCUT2D eigenvalue weighted by molar-refractivity contribution is 5.55. The van der Waals surface area contributed by atoms with E-state index in [0.29, 0.717) is 5.56 Å². The van der Waals surface area contributed by atoms with Crippen LogP contribution in [0.25, 0.3) is 0 Å². The van der Waals surface area contributed by atoms with Crippen LogP contribution < -0.4 is 4.90 Å². The lowest BCUT2D eigenvalue weighted by Gasteiger charge is -2.30. The van der Waals surface area contributed by atoms with Gasteiger partial charge >= 0.3 is 0 Å². The van der Waals surface area contributed by atoms with E-state index in [4.69, 9.17) is 0 Å². The normalized spacial score (nSPS) is 13.8. The van der Waals surface area contributed by atoms with Gasteiger partial charge in [0.1, 0.15) is 5.82 Å². The molecular weight excluding hydrogens is 253 g/mol. The number of halogens is 1. The van der Waals surface area contributed by atoms with Gasteiger partial charge in [-0.25, -0.2) is 4.39 Å². The van der Waals surface area contributed by atoms with E-state index in [1.165, 1.54) is 6.07 Å².